The minimum absolute atomic E-state index is 0.263. The zero-order chi connectivity index (χ0) is 20.5. The molecule has 0 atom stereocenters. The van der Waals surface area contributed by atoms with Crippen LogP contribution in [0.15, 0.2) is 42.6 Å². The fraction of sp³-hybridized carbons (Fsp3) is 0.381. The van der Waals surface area contributed by atoms with Gasteiger partial charge >= 0.3 is 5.97 Å². The van der Waals surface area contributed by atoms with Crippen LogP contribution in [-0.4, -0.2) is 67.8 Å². The second kappa shape index (κ2) is 10.5. The predicted molar refractivity (Wildman–Crippen MR) is 110 cm³/mol. The second-order valence-electron chi connectivity index (χ2n) is 6.56. The predicted octanol–water partition coefficient (Wildman–Crippen LogP) is 2.25. The molecule has 0 saturated carbocycles. The van der Waals surface area contributed by atoms with Crippen molar-refractivity contribution in [3.63, 3.8) is 0 Å². The first-order chi connectivity index (χ1) is 14.2. The summed E-state index contributed by atoms with van der Waals surface area (Å²) in [6.45, 7) is 7.26. The molecule has 1 saturated heterocycles. The molecule has 3 rings (SSSR count). The molecular formula is C21H26N4O4. The number of pyridine rings is 1. The van der Waals surface area contributed by atoms with E-state index in [2.05, 4.69) is 20.5 Å². The van der Waals surface area contributed by atoms with Crippen LogP contribution < -0.4 is 10.6 Å². The van der Waals surface area contributed by atoms with Gasteiger partial charge < -0.3 is 20.1 Å². The smallest absolute Gasteiger partial charge is 0.338 e. The number of morpholine rings is 1. The Bertz CT molecular complexity index is 802. The highest BCUT2D eigenvalue weighted by Gasteiger charge is 2.11. The third-order valence-electron chi connectivity index (χ3n) is 4.52. The lowest BCUT2D eigenvalue weighted by molar-refractivity contribution is 0.0398. The SMILES string of the molecule is CCOC(=O)c1ccc(NC(=O)c2ccc(NCCN3CCOCC3)nc2)cc1. The van der Waals surface area contributed by atoms with Crippen molar-refractivity contribution >= 4 is 23.4 Å². The molecule has 154 valence electrons. The maximum absolute atomic E-state index is 12.4. The zero-order valence-corrected chi connectivity index (χ0v) is 16.5. The van der Waals surface area contributed by atoms with Crippen molar-refractivity contribution in [1.29, 1.82) is 0 Å². The number of nitrogens with one attached hydrogen (secondary N) is 2. The highest BCUT2D eigenvalue weighted by atomic mass is 16.5. The maximum atomic E-state index is 12.4. The van der Waals surface area contributed by atoms with Gasteiger partial charge in [0.25, 0.3) is 5.91 Å². The number of aromatic nitrogens is 1. The van der Waals surface area contributed by atoms with Crippen molar-refractivity contribution < 1.29 is 19.1 Å². The number of carbonyl (C=O) groups is 2. The van der Waals surface area contributed by atoms with Crippen LogP contribution in [0.3, 0.4) is 0 Å². The minimum atomic E-state index is -0.383. The summed E-state index contributed by atoms with van der Waals surface area (Å²) in [4.78, 5) is 30.7. The molecule has 8 heteroatoms. The molecule has 2 heterocycles. The molecule has 1 aromatic carbocycles. The van der Waals surface area contributed by atoms with E-state index in [9.17, 15) is 9.59 Å². The van der Waals surface area contributed by atoms with E-state index in [0.717, 1.165) is 45.2 Å². The molecule has 29 heavy (non-hydrogen) atoms. The number of amides is 1. The van der Waals surface area contributed by atoms with E-state index < -0.39 is 0 Å². The summed E-state index contributed by atoms with van der Waals surface area (Å²) in [6.07, 6.45) is 1.54. The Morgan fingerprint density at radius 1 is 1.10 bits per heavy atom. The van der Waals surface area contributed by atoms with E-state index in [4.69, 9.17) is 9.47 Å². The molecule has 2 N–H and O–H groups in total. The zero-order valence-electron chi connectivity index (χ0n) is 16.5. The third kappa shape index (κ3) is 6.27. The normalized spacial score (nSPS) is 14.2. The summed E-state index contributed by atoms with van der Waals surface area (Å²) in [5.74, 6) is 0.0844. The van der Waals surface area contributed by atoms with Gasteiger partial charge in [-0.15, -0.1) is 0 Å². The summed E-state index contributed by atoms with van der Waals surface area (Å²) >= 11 is 0. The van der Waals surface area contributed by atoms with Crippen LogP contribution in [0.5, 0.6) is 0 Å². The number of anilines is 2. The first kappa shape index (κ1) is 20.8. The van der Waals surface area contributed by atoms with Crippen LogP contribution in [0.25, 0.3) is 0 Å². The lowest BCUT2D eigenvalue weighted by atomic mass is 10.2. The Morgan fingerprint density at radius 3 is 2.48 bits per heavy atom. The van der Waals surface area contributed by atoms with Gasteiger partial charge in [-0.25, -0.2) is 9.78 Å². The fourth-order valence-corrected chi connectivity index (χ4v) is 2.91. The highest BCUT2D eigenvalue weighted by molar-refractivity contribution is 6.04. The van der Waals surface area contributed by atoms with E-state index in [1.165, 1.54) is 0 Å². The van der Waals surface area contributed by atoms with Gasteiger partial charge in [0.15, 0.2) is 0 Å². The molecule has 1 aliphatic heterocycles. The van der Waals surface area contributed by atoms with E-state index in [1.807, 2.05) is 0 Å². The Morgan fingerprint density at radius 2 is 1.83 bits per heavy atom. The number of nitrogens with zero attached hydrogens (tertiary/aromatic N) is 2. The van der Waals surface area contributed by atoms with Crippen LogP contribution in [0.4, 0.5) is 11.5 Å². The molecule has 1 aromatic heterocycles. The maximum Gasteiger partial charge on any atom is 0.338 e. The monoisotopic (exact) mass is 398 g/mol. The van der Waals surface area contributed by atoms with Gasteiger partial charge in [-0.05, 0) is 43.3 Å². The van der Waals surface area contributed by atoms with Crippen molar-refractivity contribution in [3.05, 3.63) is 53.7 Å². The molecule has 1 aliphatic rings. The van der Waals surface area contributed by atoms with Crippen molar-refractivity contribution in [3.8, 4) is 0 Å². The van der Waals surface area contributed by atoms with Gasteiger partial charge in [0.1, 0.15) is 5.82 Å². The first-order valence-electron chi connectivity index (χ1n) is 9.74. The molecule has 2 aromatic rings. The Kier molecular flexibility index (Phi) is 7.54. The van der Waals surface area contributed by atoms with Crippen LogP contribution in [0.1, 0.15) is 27.6 Å². The number of benzene rings is 1. The van der Waals surface area contributed by atoms with E-state index in [0.29, 0.717) is 23.4 Å². The van der Waals surface area contributed by atoms with Crippen LogP contribution in [0.2, 0.25) is 0 Å². The van der Waals surface area contributed by atoms with Crippen molar-refractivity contribution in [2.75, 3.05) is 56.6 Å². The van der Waals surface area contributed by atoms with E-state index >= 15 is 0 Å². The lowest BCUT2D eigenvalue weighted by Gasteiger charge is -2.26. The molecule has 0 aliphatic carbocycles. The average Bonchev–Trinajstić information content (AvgIpc) is 2.75. The van der Waals surface area contributed by atoms with Crippen LogP contribution in [0, 0.1) is 0 Å². The molecule has 0 unspecified atom stereocenters. The van der Waals surface area contributed by atoms with Crippen LogP contribution >= 0.6 is 0 Å². The summed E-state index contributed by atoms with van der Waals surface area (Å²) in [5.41, 5.74) is 1.49. The van der Waals surface area contributed by atoms with Gasteiger partial charge in [-0.1, -0.05) is 0 Å². The quantitative estimate of drug-likeness (QED) is 0.659. The summed E-state index contributed by atoms with van der Waals surface area (Å²) in [6, 6.07) is 10.1. The molecule has 0 spiro atoms. The Labute approximate surface area is 170 Å². The summed E-state index contributed by atoms with van der Waals surface area (Å²) in [7, 11) is 0. The molecule has 1 amide bonds. The third-order valence-corrected chi connectivity index (χ3v) is 4.52. The number of carbonyl (C=O) groups excluding carboxylic acids is 2. The second-order valence-corrected chi connectivity index (χ2v) is 6.56. The Balaban J connectivity index is 1.47. The molecular weight excluding hydrogens is 372 g/mol. The number of ether oxygens (including phenoxy) is 2. The first-order valence-corrected chi connectivity index (χ1v) is 9.74. The van der Waals surface area contributed by atoms with Crippen molar-refractivity contribution in [2.24, 2.45) is 0 Å². The number of rotatable bonds is 8. The minimum Gasteiger partial charge on any atom is -0.462 e. The Hall–Kier alpha value is -2.97. The standard InChI is InChI=1S/C21H26N4O4/c1-2-29-21(27)16-3-6-18(7-4-16)24-20(26)17-5-8-19(23-15-17)22-9-10-25-11-13-28-14-12-25/h3-8,15H,2,9-14H2,1H3,(H,22,23)(H,24,26). The van der Waals surface area contributed by atoms with Crippen molar-refractivity contribution in [1.82, 2.24) is 9.88 Å². The van der Waals surface area contributed by atoms with Gasteiger partial charge in [0, 0.05) is 38.1 Å². The summed E-state index contributed by atoms with van der Waals surface area (Å²) in [5, 5.41) is 6.06. The van der Waals surface area contributed by atoms with Crippen molar-refractivity contribution in [2.45, 2.75) is 6.92 Å². The van der Waals surface area contributed by atoms with Gasteiger partial charge in [-0.3, -0.25) is 9.69 Å². The fourth-order valence-electron chi connectivity index (χ4n) is 2.91. The van der Waals surface area contributed by atoms with E-state index in [-0.39, 0.29) is 11.9 Å². The number of hydrogen-bond donors (Lipinski definition) is 2. The molecule has 8 nitrogen and oxygen atoms in total. The average molecular weight is 398 g/mol. The summed E-state index contributed by atoms with van der Waals surface area (Å²) < 4.78 is 10.3. The van der Waals surface area contributed by atoms with E-state index in [1.54, 1.807) is 49.5 Å². The van der Waals surface area contributed by atoms with Gasteiger partial charge in [-0.2, -0.15) is 0 Å². The van der Waals surface area contributed by atoms with Gasteiger partial charge in [0.05, 0.1) is 30.9 Å². The lowest BCUT2D eigenvalue weighted by Crippen LogP contribution is -2.39. The number of hydrogen-bond acceptors (Lipinski definition) is 7. The largest absolute Gasteiger partial charge is 0.462 e. The van der Waals surface area contributed by atoms with Crippen LogP contribution in [-0.2, 0) is 9.47 Å². The van der Waals surface area contributed by atoms with Gasteiger partial charge in [0.2, 0.25) is 0 Å². The topological polar surface area (TPSA) is 92.8 Å². The molecule has 0 radical (unpaired) electrons. The molecule has 0 bridgehead atoms. The molecule has 1 fully saturated rings. The number of esters is 1. The highest BCUT2D eigenvalue weighted by Crippen LogP contribution is 2.13.